The number of aliphatic hydroxyl groups excluding tert-OH is 1. The van der Waals surface area contributed by atoms with E-state index in [-0.39, 0.29) is 12.1 Å². The molecular weight excluding hydrogens is 202 g/mol. The number of aliphatic hydroxyl groups is 1. The normalized spacial score (nSPS) is 25.9. The lowest BCUT2D eigenvalue weighted by Crippen LogP contribution is -2.41. The van der Waals surface area contributed by atoms with Crippen molar-refractivity contribution in [3.8, 4) is 0 Å². The van der Waals surface area contributed by atoms with Crippen LogP contribution in [-0.2, 0) is 13.1 Å². The average molecular weight is 223 g/mol. The third-order valence-electron chi connectivity index (χ3n) is 3.38. The van der Waals surface area contributed by atoms with E-state index in [1.165, 1.54) is 12.1 Å². The summed E-state index contributed by atoms with van der Waals surface area (Å²) < 4.78 is 1.99. The van der Waals surface area contributed by atoms with Crippen LogP contribution in [0.15, 0.2) is 12.3 Å². The van der Waals surface area contributed by atoms with Gasteiger partial charge in [-0.25, -0.2) is 0 Å². The molecule has 0 aliphatic heterocycles. The molecule has 1 heterocycles. The fourth-order valence-electron chi connectivity index (χ4n) is 2.38. The molecule has 0 aromatic carbocycles. The molecule has 0 radical (unpaired) electrons. The summed E-state index contributed by atoms with van der Waals surface area (Å²) in [4.78, 5) is 0. The summed E-state index contributed by atoms with van der Waals surface area (Å²) in [5.41, 5.74) is 1.19. The zero-order chi connectivity index (χ0) is 11.4. The van der Waals surface area contributed by atoms with Gasteiger partial charge in [-0.05, 0) is 25.8 Å². The molecule has 0 bridgehead atoms. The van der Waals surface area contributed by atoms with Crippen molar-refractivity contribution in [3.05, 3.63) is 18.0 Å². The summed E-state index contributed by atoms with van der Waals surface area (Å²) in [5, 5.41) is 17.5. The van der Waals surface area contributed by atoms with E-state index < -0.39 is 0 Å². The van der Waals surface area contributed by atoms with Crippen molar-refractivity contribution < 1.29 is 5.11 Å². The maximum Gasteiger partial charge on any atom is 0.0693 e. The van der Waals surface area contributed by atoms with E-state index in [0.717, 1.165) is 32.4 Å². The van der Waals surface area contributed by atoms with Gasteiger partial charge in [-0.15, -0.1) is 0 Å². The molecule has 4 heteroatoms. The Balaban J connectivity index is 1.86. The molecule has 0 amide bonds. The Hall–Kier alpha value is -0.870. The summed E-state index contributed by atoms with van der Waals surface area (Å²) in [7, 11) is 0. The van der Waals surface area contributed by atoms with Gasteiger partial charge in [0.05, 0.1) is 11.8 Å². The van der Waals surface area contributed by atoms with Crippen LogP contribution >= 0.6 is 0 Å². The van der Waals surface area contributed by atoms with Crippen LogP contribution in [0.25, 0.3) is 0 Å². The van der Waals surface area contributed by atoms with Crippen molar-refractivity contribution in [2.24, 2.45) is 0 Å². The Bertz CT molecular complexity index is 324. The predicted molar refractivity (Wildman–Crippen MR) is 63.0 cm³/mol. The molecular formula is C12H21N3O. The Morgan fingerprint density at radius 1 is 1.50 bits per heavy atom. The number of nitrogens with one attached hydrogen (secondary N) is 1. The average Bonchev–Trinajstić information content (AvgIpc) is 2.75. The topological polar surface area (TPSA) is 50.1 Å². The molecule has 1 fully saturated rings. The molecule has 2 unspecified atom stereocenters. The van der Waals surface area contributed by atoms with Crippen molar-refractivity contribution in [3.63, 3.8) is 0 Å². The van der Waals surface area contributed by atoms with E-state index in [4.69, 9.17) is 0 Å². The maximum atomic E-state index is 9.84. The molecule has 2 atom stereocenters. The highest BCUT2D eigenvalue weighted by Crippen LogP contribution is 2.18. The highest BCUT2D eigenvalue weighted by atomic mass is 16.3. The summed E-state index contributed by atoms with van der Waals surface area (Å²) in [6, 6.07) is 2.29. The van der Waals surface area contributed by atoms with Crippen molar-refractivity contribution >= 4 is 0 Å². The molecule has 1 aromatic rings. The van der Waals surface area contributed by atoms with Crippen LogP contribution in [-0.4, -0.2) is 27.0 Å². The van der Waals surface area contributed by atoms with Gasteiger partial charge in [-0.1, -0.05) is 12.8 Å². The monoisotopic (exact) mass is 223 g/mol. The number of aryl methyl sites for hydroxylation is 1. The lowest BCUT2D eigenvalue weighted by atomic mass is 9.92. The molecule has 0 saturated heterocycles. The minimum Gasteiger partial charge on any atom is -0.392 e. The molecule has 1 saturated carbocycles. The minimum absolute atomic E-state index is 0.174. The van der Waals surface area contributed by atoms with E-state index in [2.05, 4.69) is 17.3 Å². The third kappa shape index (κ3) is 2.62. The van der Waals surface area contributed by atoms with E-state index in [1.807, 2.05) is 16.9 Å². The second-order valence-electron chi connectivity index (χ2n) is 4.48. The van der Waals surface area contributed by atoms with Crippen molar-refractivity contribution in [2.45, 2.75) is 57.8 Å². The maximum absolute atomic E-state index is 9.84. The van der Waals surface area contributed by atoms with Crippen LogP contribution in [0.5, 0.6) is 0 Å². The van der Waals surface area contributed by atoms with E-state index in [1.54, 1.807) is 0 Å². The molecule has 1 aromatic heterocycles. The summed E-state index contributed by atoms with van der Waals surface area (Å²) in [6.07, 6.45) is 6.06. The number of nitrogens with zero attached hydrogens (tertiary/aromatic N) is 2. The second-order valence-corrected chi connectivity index (χ2v) is 4.48. The SMILES string of the molecule is CCn1nccc1CNC1CCCCC1O. The van der Waals surface area contributed by atoms with E-state index >= 15 is 0 Å². The summed E-state index contributed by atoms with van der Waals surface area (Å²) in [6.45, 7) is 3.79. The summed E-state index contributed by atoms with van der Waals surface area (Å²) >= 11 is 0. The second kappa shape index (κ2) is 5.46. The standard InChI is InChI=1S/C12H21N3O/c1-2-15-10(7-8-14-15)9-13-11-5-3-4-6-12(11)16/h7-8,11-13,16H,2-6,9H2,1H3. The van der Waals surface area contributed by atoms with Crippen LogP contribution < -0.4 is 5.32 Å². The highest BCUT2D eigenvalue weighted by Gasteiger charge is 2.22. The van der Waals surface area contributed by atoms with Gasteiger partial charge in [0.25, 0.3) is 0 Å². The molecule has 16 heavy (non-hydrogen) atoms. The number of hydrogen-bond donors (Lipinski definition) is 2. The van der Waals surface area contributed by atoms with Gasteiger partial charge in [0.15, 0.2) is 0 Å². The molecule has 2 rings (SSSR count). The third-order valence-corrected chi connectivity index (χ3v) is 3.38. The lowest BCUT2D eigenvalue weighted by molar-refractivity contribution is 0.0899. The Morgan fingerprint density at radius 3 is 3.06 bits per heavy atom. The molecule has 0 spiro atoms. The predicted octanol–water partition coefficient (Wildman–Crippen LogP) is 1.30. The van der Waals surface area contributed by atoms with Gasteiger partial charge in [-0.2, -0.15) is 5.10 Å². The van der Waals surface area contributed by atoms with Crippen LogP contribution in [0, 0.1) is 0 Å². The number of aromatic nitrogens is 2. The van der Waals surface area contributed by atoms with Crippen molar-refractivity contribution in [1.29, 1.82) is 0 Å². The van der Waals surface area contributed by atoms with Gasteiger partial charge in [-0.3, -0.25) is 4.68 Å². The number of rotatable bonds is 4. The van der Waals surface area contributed by atoms with Gasteiger partial charge >= 0.3 is 0 Å². The van der Waals surface area contributed by atoms with Gasteiger partial charge in [0, 0.05) is 25.3 Å². The minimum atomic E-state index is -0.174. The molecule has 1 aliphatic rings. The smallest absolute Gasteiger partial charge is 0.0693 e. The van der Waals surface area contributed by atoms with Crippen LogP contribution in [0.3, 0.4) is 0 Å². The van der Waals surface area contributed by atoms with Gasteiger partial charge in [0.1, 0.15) is 0 Å². The van der Waals surface area contributed by atoms with Crippen LogP contribution in [0.4, 0.5) is 0 Å². The lowest BCUT2D eigenvalue weighted by Gasteiger charge is -2.28. The van der Waals surface area contributed by atoms with Gasteiger partial charge in [0.2, 0.25) is 0 Å². The fraction of sp³-hybridized carbons (Fsp3) is 0.750. The summed E-state index contributed by atoms with van der Waals surface area (Å²) in [5.74, 6) is 0. The first-order valence-corrected chi connectivity index (χ1v) is 6.23. The molecule has 90 valence electrons. The Kier molecular flexibility index (Phi) is 3.96. The molecule has 1 aliphatic carbocycles. The quantitative estimate of drug-likeness (QED) is 0.809. The fourth-order valence-corrected chi connectivity index (χ4v) is 2.38. The van der Waals surface area contributed by atoms with E-state index in [9.17, 15) is 5.11 Å². The molecule has 4 nitrogen and oxygen atoms in total. The highest BCUT2D eigenvalue weighted by molar-refractivity contribution is 5.00. The van der Waals surface area contributed by atoms with Crippen LogP contribution in [0.2, 0.25) is 0 Å². The van der Waals surface area contributed by atoms with Gasteiger partial charge < -0.3 is 10.4 Å². The Labute approximate surface area is 96.7 Å². The first-order chi connectivity index (χ1) is 7.81. The van der Waals surface area contributed by atoms with Crippen molar-refractivity contribution in [2.75, 3.05) is 0 Å². The zero-order valence-corrected chi connectivity index (χ0v) is 9.89. The van der Waals surface area contributed by atoms with Crippen LogP contribution in [0.1, 0.15) is 38.3 Å². The zero-order valence-electron chi connectivity index (χ0n) is 9.89. The first-order valence-electron chi connectivity index (χ1n) is 6.23. The van der Waals surface area contributed by atoms with E-state index in [0.29, 0.717) is 0 Å². The first kappa shape index (κ1) is 11.6. The Morgan fingerprint density at radius 2 is 2.31 bits per heavy atom. The number of hydrogen-bond acceptors (Lipinski definition) is 3. The largest absolute Gasteiger partial charge is 0.392 e. The van der Waals surface area contributed by atoms with Crippen molar-refractivity contribution in [1.82, 2.24) is 15.1 Å². The molecule has 2 N–H and O–H groups in total.